The molecule has 1 atom stereocenters. The lowest BCUT2D eigenvalue weighted by Crippen LogP contribution is -2.58. The predicted molar refractivity (Wildman–Crippen MR) is 101 cm³/mol. The maximum absolute atomic E-state index is 6.30. The SMILES string of the molecule is CCC(C)NCCO[SiH](NC1CCCCC1)NC1CCCCC1. The highest BCUT2D eigenvalue weighted by Crippen LogP contribution is 2.19. The van der Waals surface area contributed by atoms with E-state index in [1.807, 2.05) is 0 Å². The number of nitrogens with one attached hydrogen (secondary N) is 3. The van der Waals surface area contributed by atoms with Gasteiger partial charge < -0.3 is 19.7 Å². The second-order valence-electron chi connectivity index (χ2n) is 7.52. The lowest BCUT2D eigenvalue weighted by Gasteiger charge is -2.32. The maximum atomic E-state index is 6.30. The van der Waals surface area contributed by atoms with Gasteiger partial charge in [-0.3, -0.25) is 0 Å². The predicted octanol–water partition coefficient (Wildman–Crippen LogP) is 2.95. The van der Waals surface area contributed by atoms with E-state index in [0.29, 0.717) is 18.1 Å². The van der Waals surface area contributed by atoms with Crippen LogP contribution in [0.5, 0.6) is 0 Å². The fourth-order valence-corrected chi connectivity index (χ4v) is 5.90. The first kappa shape index (κ1) is 19.4. The van der Waals surface area contributed by atoms with E-state index < -0.39 is 9.36 Å². The molecule has 0 saturated heterocycles. The topological polar surface area (TPSA) is 45.3 Å². The molecule has 0 radical (unpaired) electrons. The van der Waals surface area contributed by atoms with Crippen LogP contribution in [0.4, 0.5) is 0 Å². The molecular weight excluding hydrogens is 302 g/mol. The van der Waals surface area contributed by atoms with Crippen molar-refractivity contribution < 1.29 is 4.43 Å². The molecule has 0 heterocycles. The standard InChI is InChI=1S/C18H39N3OSi/c1-3-16(2)19-14-15-22-23(20-17-10-6-4-7-11-17)21-18-12-8-5-9-13-18/h16-21,23H,3-15H2,1-2H3. The van der Waals surface area contributed by atoms with Gasteiger partial charge in [-0.05, 0) is 39.0 Å². The minimum absolute atomic E-state index is 0.594. The molecule has 2 aliphatic carbocycles. The van der Waals surface area contributed by atoms with E-state index in [1.54, 1.807) is 0 Å². The summed E-state index contributed by atoms with van der Waals surface area (Å²) in [6.07, 6.45) is 14.9. The molecule has 2 rings (SSSR count). The average molecular weight is 342 g/mol. The summed E-state index contributed by atoms with van der Waals surface area (Å²) in [6.45, 7) is 6.28. The Bertz CT molecular complexity index is 274. The van der Waals surface area contributed by atoms with Gasteiger partial charge in [0.25, 0.3) is 0 Å². The van der Waals surface area contributed by atoms with Crippen LogP contribution in [0.1, 0.15) is 84.5 Å². The van der Waals surface area contributed by atoms with E-state index in [4.69, 9.17) is 4.43 Å². The molecule has 0 bridgehead atoms. The lowest BCUT2D eigenvalue weighted by atomic mass is 9.96. The third-order valence-corrected chi connectivity index (χ3v) is 7.59. The van der Waals surface area contributed by atoms with Gasteiger partial charge in [0.05, 0.1) is 0 Å². The molecule has 3 N–H and O–H groups in total. The van der Waals surface area contributed by atoms with Gasteiger partial charge in [-0.1, -0.05) is 45.4 Å². The molecule has 23 heavy (non-hydrogen) atoms. The van der Waals surface area contributed by atoms with E-state index in [1.165, 1.54) is 70.6 Å². The van der Waals surface area contributed by atoms with Crippen molar-refractivity contribution in [3.8, 4) is 0 Å². The Morgan fingerprint density at radius 3 is 1.91 bits per heavy atom. The summed E-state index contributed by atoms with van der Waals surface area (Å²) in [5.74, 6) is 0. The summed E-state index contributed by atoms with van der Waals surface area (Å²) in [7, 11) is -1.49. The van der Waals surface area contributed by atoms with Crippen LogP contribution in [0.15, 0.2) is 0 Å². The summed E-state index contributed by atoms with van der Waals surface area (Å²) in [5, 5.41) is 3.54. The molecule has 5 heteroatoms. The minimum atomic E-state index is -1.49. The van der Waals surface area contributed by atoms with Crippen molar-refractivity contribution in [3.63, 3.8) is 0 Å². The van der Waals surface area contributed by atoms with Crippen LogP contribution in [0.25, 0.3) is 0 Å². The van der Waals surface area contributed by atoms with Crippen LogP contribution in [-0.2, 0) is 4.43 Å². The summed E-state index contributed by atoms with van der Waals surface area (Å²) < 4.78 is 6.30. The second kappa shape index (κ2) is 11.6. The van der Waals surface area contributed by atoms with Crippen molar-refractivity contribution >= 4 is 9.36 Å². The molecule has 0 aromatic carbocycles. The summed E-state index contributed by atoms with van der Waals surface area (Å²) in [5.41, 5.74) is 0. The zero-order valence-electron chi connectivity index (χ0n) is 15.4. The Balaban J connectivity index is 1.72. The highest BCUT2D eigenvalue weighted by Gasteiger charge is 2.24. The van der Waals surface area contributed by atoms with Gasteiger partial charge in [0.1, 0.15) is 0 Å². The normalized spacial score (nSPS) is 22.6. The zero-order chi connectivity index (χ0) is 16.3. The van der Waals surface area contributed by atoms with Crippen molar-refractivity contribution in [3.05, 3.63) is 0 Å². The summed E-state index contributed by atoms with van der Waals surface area (Å²) >= 11 is 0. The van der Waals surface area contributed by atoms with Gasteiger partial charge in [0.15, 0.2) is 0 Å². The van der Waals surface area contributed by atoms with Gasteiger partial charge in [-0.2, -0.15) is 0 Å². The Labute approximate surface area is 145 Å². The smallest absolute Gasteiger partial charge is 0.335 e. The van der Waals surface area contributed by atoms with Gasteiger partial charge in [0.2, 0.25) is 0 Å². The molecule has 2 fully saturated rings. The van der Waals surface area contributed by atoms with Crippen LogP contribution < -0.4 is 15.3 Å². The maximum Gasteiger partial charge on any atom is 0.335 e. The molecule has 4 nitrogen and oxygen atoms in total. The fourth-order valence-electron chi connectivity index (χ4n) is 3.74. The Morgan fingerprint density at radius 2 is 1.43 bits per heavy atom. The Kier molecular flexibility index (Phi) is 9.76. The van der Waals surface area contributed by atoms with E-state index in [0.717, 1.165) is 13.2 Å². The number of hydrogen-bond acceptors (Lipinski definition) is 4. The van der Waals surface area contributed by atoms with Crippen molar-refractivity contribution in [2.24, 2.45) is 0 Å². The third kappa shape index (κ3) is 8.12. The van der Waals surface area contributed by atoms with Crippen LogP contribution in [0.2, 0.25) is 0 Å². The van der Waals surface area contributed by atoms with Crippen molar-refractivity contribution in [2.45, 2.75) is 103 Å². The van der Waals surface area contributed by atoms with Gasteiger partial charge >= 0.3 is 9.36 Å². The Hall–Kier alpha value is 0.0569. The van der Waals surface area contributed by atoms with Crippen molar-refractivity contribution in [1.29, 1.82) is 0 Å². The van der Waals surface area contributed by atoms with Crippen molar-refractivity contribution in [2.75, 3.05) is 13.2 Å². The monoisotopic (exact) mass is 341 g/mol. The van der Waals surface area contributed by atoms with Gasteiger partial charge in [-0.25, -0.2) is 0 Å². The highest BCUT2D eigenvalue weighted by molar-refractivity contribution is 6.46. The molecule has 136 valence electrons. The van der Waals surface area contributed by atoms with E-state index in [9.17, 15) is 0 Å². The summed E-state index contributed by atoms with van der Waals surface area (Å²) in [4.78, 5) is 7.77. The molecule has 0 spiro atoms. The van der Waals surface area contributed by atoms with Gasteiger partial charge in [-0.15, -0.1) is 0 Å². The quantitative estimate of drug-likeness (QED) is 0.422. The highest BCUT2D eigenvalue weighted by atomic mass is 28.3. The van der Waals surface area contributed by atoms with Crippen LogP contribution in [-0.4, -0.2) is 40.6 Å². The average Bonchev–Trinajstić information content (AvgIpc) is 2.60. The van der Waals surface area contributed by atoms with E-state index in [2.05, 4.69) is 29.1 Å². The van der Waals surface area contributed by atoms with E-state index in [-0.39, 0.29) is 0 Å². The largest absolute Gasteiger partial charge is 0.393 e. The molecular formula is C18H39N3OSi. The van der Waals surface area contributed by atoms with Crippen molar-refractivity contribution in [1.82, 2.24) is 15.3 Å². The van der Waals surface area contributed by atoms with Crippen LogP contribution >= 0.6 is 0 Å². The fraction of sp³-hybridized carbons (Fsp3) is 1.00. The first-order valence-corrected chi connectivity index (χ1v) is 11.8. The molecule has 0 amide bonds. The summed E-state index contributed by atoms with van der Waals surface area (Å²) in [6, 6.07) is 1.98. The molecule has 2 saturated carbocycles. The first-order valence-electron chi connectivity index (χ1n) is 10.1. The zero-order valence-corrected chi connectivity index (χ0v) is 16.6. The first-order chi connectivity index (χ1) is 11.3. The third-order valence-electron chi connectivity index (χ3n) is 5.48. The lowest BCUT2D eigenvalue weighted by molar-refractivity contribution is 0.270. The number of rotatable bonds is 10. The molecule has 2 aliphatic rings. The minimum Gasteiger partial charge on any atom is -0.393 e. The molecule has 0 aromatic heterocycles. The van der Waals surface area contributed by atoms with Crippen LogP contribution in [0, 0.1) is 0 Å². The van der Waals surface area contributed by atoms with Gasteiger partial charge in [0, 0.05) is 31.3 Å². The molecule has 0 aliphatic heterocycles. The Morgan fingerprint density at radius 1 is 0.913 bits per heavy atom. The number of hydrogen-bond donors (Lipinski definition) is 3. The van der Waals surface area contributed by atoms with E-state index >= 15 is 0 Å². The molecule has 1 unspecified atom stereocenters. The molecule has 0 aromatic rings. The second-order valence-corrected chi connectivity index (χ2v) is 9.28. The van der Waals surface area contributed by atoms with Crippen LogP contribution in [0.3, 0.4) is 0 Å².